The third-order valence-electron chi connectivity index (χ3n) is 4.07. The van der Waals surface area contributed by atoms with E-state index in [2.05, 4.69) is 5.32 Å². The second-order valence-electron chi connectivity index (χ2n) is 5.58. The van der Waals surface area contributed by atoms with Gasteiger partial charge in [-0.05, 0) is 42.0 Å². The first kappa shape index (κ1) is 17.2. The maximum Gasteiger partial charge on any atom is 0.293 e. The molecule has 8 nitrogen and oxygen atoms in total. The van der Waals surface area contributed by atoms with Crippen LogP contribution in [0.2, 0.25) is 0 Å². The van der Waals surface area contributed by atoms with Crippen molar-refractivity contribution in [3.63, 3.8) is 0 Å². The molecule has 3 rings (SSSR count). The molecule has 0 spiro atoms. The van der Waals surface area contributed by atoms with Gasteiger partial charge >= 0.3 is 0 Å². The number of carbonyl (C=O) groups is 2. The topological polar surface area (TPSA) is 119 Å². The first-order valence-electron chi connectivity index (χ1n) is 7.59. The predicted octanol–water partition coefficient (Wildman–Crippen LogP) is 2.31. The first-order chi connectivity index (χ1) is 12.4. The summed E-state index contributed by atoms with van der Waals surface area (Å²) < 4.78 is 5.05. The van der Waals surface area contributed by atoms with Crippen molar-refractivity contribution in [1.82, 2.24) is 5.32 Å². The van der Waals surface area contributed by atoms with Crippen LogP contribution in [0.5, 0.6) is 5.75 Å². The molecule has 0 saturated carbocycles. The lowest BCUT2D eigenvalue weighted by molar-refractivity contribution is -0.384. The molecule has 8 heteroatoms. The number of hydrogen-bond donors (Lipinski definition) is 2. The minimum atomic E-state index is -0.891. The summed E-state index contributed by atoms with van der Waals surface area (Å²) in [6.45, 7) is 0. The number of non-ortho nitro benzene ring substituents is 1. The molecule has 0 radical (unpaired) electrons. The van der Waals surface area contributed by atoms with E-state index in [0.717, 1.165) is 0 Å². The lowest BCUT2D eigenvalue weighted by atomic mass is 9.95. The molecular formula is C18H14N2O6. The summed E-state index contributed by atoms with van der Waals surface area (Å²) in [5, 5.41) is 23.8. The van der Waals surface area contributed by atoms with Crippen LogP contribution in [-0.4, -0.2) is 28.8 Å². The van der Waals surface area contributed by atoms with E-state index in [4.69, 9.17) is 4.74 Å². The van der Waals surface area contributed by atoms with Crippen LogP contribution in [0, 0.1) is 10.1 Å². The molecule has 26 heavy (non-hydrogen) atoms. The second-order valence-corrected chi connectivity index (χ2v) is 5.58. The van der Waals surface area contributed by atoms with Gasteiger partial charge in [-0.2, -0.15) is 0 Å². The van der Waals surface area contributed by atoms with Crippen molar-refractivity contribution < 1.29 is 24.4 Å². The number of methoxy groups -OCH3 is 1. The molecule has 2 N–H and O–H groups in total. The summed E-state index contributed by atoms with van der Waals surface area (Å²) in [6, 6.07) is 10.9. The van der Waals surface area contributed by atoms with Crippen LogP contribution in [0.15, 0.2) is 54.1 Å². The van der Waals surface area contributed by atoms with E-state index in [9.17, 15) is 24.8 Å². The van der Waals surface area contributed by atoms with Crippen LogP contribution in [-0.2, 0) is 9.59 Å². The van der Waals surface area contributed by atoms with E-state index in [0.29, 0.717) is 16.9 Å². The molecule has 1 heterocycles. The Labute approximate surface area is 147 Å². The highest BCUT2D eigenvalue weighted by Crippen LogP contribution is 2.33. The molecular weight excluding hydrogens is 340 g/mol. The Bertz CT molecular complexity index is 916. The molecule has 1 aliphatic rings. The highest BCUT2D eigenvalue weighted by molar-refractivity contribution is 6.46. The molecule has 1 saturated heterocycles. The third-order valence-corrected chi connectivity index (χ3v) is 4.07. The fourth-order valence-electron chi connectivity index (χ4n) is 2.71. The Balaban J connectivity index is 2.04. The summed E-state index contributed by atoms with van der Waals surface area (Å²) >= 11 is 0. The Morgan fingerprint density at radius 3 is 2.27 bits per heavy atom. The summed E-state index contributed by atoms with van der Waals surface area (Å²) in [5.41, 5.74) is 0.575. The van der Waals surface area contributed by atoms with E-state index >= 15 is 0 Å². The monoisotopic (exact) mass is 354 g/mol. The molecule has 2 aromatic carbocycles. The lowest BCUT2D eigenvalue weighted by Crippen LogP contribution is -2.21. The lowest BCUT2D eigenvalue weighted by Gasteiger charge is -2.13. The minimum absolute atomic E-state index is 0.103. The Morgan fingerprint density at radius 2 is 1.73 bits per heavy atom. The number of aliphatic hydroxyl groups excluding tert-OH is 1. The summed E-state index contributed by atoms with van der Waals surface area (Å²) in [5.74, 6) is -1.45. The van der Waals surface area contributed by atoms with Gasteiger partial charge in [0.15, 0.2) is 0 Å². The molecule has 0 bridgehead atoms. The molecule has 1 amide bonds. The van der Waals surface area contributed by atoms with Gasteiger partial charge in [0.2, 0.25) is 0 Å². The smallest absolute Gasteiger partial charge is 0.293 e. The zero-order chi connectivity index (χ0) is 18.8. The van der Waals surface area contributed by atoms with Crippen LogP contribution in [0.1, 0.15) is 17.2 Å². The van der Waals surface area contributed by atoms with Crippen LogP contribution >= 0.6 is 0 Å². The van der Waals surface area contributed by atoms with E-state index in [-0.39, 0.29) is 17.0 Å². The third kappa shape index (κ3) is 3.00. The highest BCUT2D eigenvalue weighted by Gasteiger charge is 2.39. The predicted molar refractivity (Wildman–Crippen MR) is 91.5 cm³/mol. The van der Waals surface area contributed by atoms with Crippen molar-refractivity contribution >= 4 is 23.1 Å². The van der Waals surface area contributed by atoms with Gasteiger partial charge in [-0.3, -0.25) is 19.7 Å². The number of hydrogen-bond acceptors (Lipinski definition) is 6. The van der Waals surface area contributed by atoms with Gasteiger partial charge in [-0.1, -0.05) is 0 Å². The molecule has 1 atom stereocenters. The Morgan fingerprint density at radius 1 is 1.12 bits per heavy atom. The second kappa shape index (κ2) is 6.67. The number of nitrogens with one attached hydrogen (secondary N) is 1. The SMILES string of the molecule is COc1ccc(/C(O)=C2\C(=O)C(=O)NC2c2ccc([N+](=O)[O-])cc2)cc1. The van der Waals surface area contributed by atoms with Gasteiger partial charge in [-0.25, -0.2) is 0 Å². The number of carbonyl (C=O) groups excluding carboxylic acids is 2. The van der Waals surface area contributed by atoms with Gasteiger partial charge in [0.25, 0.3) is 17.4 Å². The average Bonchev–Trinajstić information content (AvgIpc) is 2.96. The number of amides is 1. The summed E-state index contributed by atoms with van der Waals surface area (Å²) in [6.07, 6.45) is 0. The van der Waals surface area contributed by atoms with E-state index in [1.54, 1.807) is 24.3 Å². The number of rotatable bonds is 4. The number of nitro groups is 1. The molecule has 1 aliphatic heterocycles. The molecule has 0 aromatic heterocycles. The molecule has 1 unspecified atom stereocenters. The number of nitro benzene ring substituents is 1. The number of Topliss-reactive ketones (excluding diaryl/α,β-unsaturated/α-hetero) is 1. The number of aliphatic hydroxyl groups is 1. The fraction of sp³-hybridized carbons (Fsp3) is 0.111. The fourth-order valence-corrected chi connectivity index (χ4v) is 2.71. The number of ketones is 1. The maximum absolute atomic E-state index is 12.2. The van der Waals surface area contributed by atoms with Gasteiger partial charge in [0.1, 0.15) is 11.5 Å². The van der Waals surface area contributed by atoms with Gasteiger partial charge in [-0.15, -0.1) is 0 Å². The zero-order valence-electron chi connectivity index (χ0n) is 13.6. The molecule has 2 aromatic rings. The van der Waals surface area contributed by atoms with Crippen molar-refractivity contribution in [2.24, 2.45) is 0 Å². The van der Waals surface area contributed by atoms with Crippen LogP contribution < -0.4 is 10.1 Å². The average molecular weight is 354 g/mol. The highest BCUT2D eigenvalue weighted by atomic mass is 16.6. The standard InChI is InChI=1S/C18H14N2O6/c1-26-13-8-4-11(5-9-13)16(21)14-15(19-18(23)17(14)22)10-2-6-12(7-3-10)20(24)25/h2-9,15,21H,1H3,(H,19,23)/b16-14+. The van der Waals surface area contributed by atoms with Gasteiger partial charge in [0.05, 0.1) is 23.6 Å². The van der Waals surface area contributed by atoms with Crippen LogP contribution in [0.3, 0.4) is 0 Å². The van der Waals surface area contributed by atoms with E-state index < -0.39 is 22.7 Å². The zero-order valence-corrected chi connectivity index (χ0v) is 13.6. The Hall–Kier alpha value is -3.68. The molecule has 0 aliphatic carbocycles. The molecule has 132 valence electrons. The minimum Gasteiger partial charge on any atom is -0.507 e. The van der Waals surface area contributed by atoms with Crippen molar-refractivity contribution in [2.75, 3.05) is 7.11 Å². The van der Waals surface area contributed by atoms with Crippen molar-refractivity contribution in [1.29, 1.82) is 0 Å². The number of benzene rings is 2. The van der Waals surface area contributed by atoms with Gasteiger partial charge < -0.3 is 15.2 Å². The van der Waals surface area contributed by atoms with Crippen LogP contribution in [0.4, 0.5) is 5.69 Å². The summed E-state index contributed by atoms with van der Waals surface area (Å²) in [7, 11) is 1.50. The van der Waals surface area contributed by atoms with Crippen molar-refractivity contribution in [2.45, 2.75) is 6.04 Å². The van der Waals surface area contributed by atoms with Crippen LogP contribution in [0.25, 0.3) is 5.76 Å². The van der Waals surface area contributed by atoms with Gasteiger partial charge in [0, 0.05) is 17.7 Å². The van der Waals surface area contributed by atoms with Crippen molar-refractivity contribution in [3.8, 4) is 5.75 Å². The summed E-state index contributed by atoms with van der Waals surface area (Å²) in [4.78, 5) is 34.3. The Kier molecular flexibility index (Phi) is 4.40. The van der Waals surface area contributed by atoms with E-state index in [1.165, 1.54) is 31.4 Å². The van der Waals surface area contributed by atoms with E-state index in [1.807, 2.05) is 0 Å². The number of nitrogens with zero attached hydrogens (tertiary/aromatic N) is 1. The normalized spacial score (nSPS) is 18.4. The first-order valence-corrected chi connectivity index (χ1v) is 7.59. The largest absolute Gasteiger partial charge is 0.507 e. The molecule has 1 fully saturated rings. The quantitative estimate of drug-likeness (QED) is 0.286. The van der Waals surface area contributed by atoms with Crippen molar-refractivity contribution in [3.05, 3.63) is 75.3 Å². The number of ether oxygens (including phenoxy) is 1. The maximum atomic E-state index is 12.2.